The Hall–Kier alpha value is -3.03. The largest absolute Gasteiger partial charge is 0.364 e. The summed E-state index contributed by atoms with van der Waals surface area (Å²) in [6.07, 6.45) is 6.98. The van der Waals surface area contributed by atoms with Gasteiger partial charge in [0.2, 0.25) is 0 Å². The van der Waals surface area contributed by atoms with Gasteiger partial charge in [0.1, 0.15) is 11.6 Å². The van der Waals surface area contributed by atoms with Gasteiger partial charge in [0, 0.05) is 41.0 Å². The summed E-state index contributed by atoms with van der Waals surface area (Å²) in [5, 5.41) is 4.30. The lowest BCUT2D eigenvalue weighted by atomic mass is 10.0. The van der Waals surface area contributed by atoms with Crippen molar-refractivity contribution in [3.63, 3.8) is 0 Å². The Bertz CT molecular complexity index is 1560. The van der Waals surface area contributed by atoms with Crippen molar-refractivity contribution in [2.45, 2.75) is 57.0 Å². The molecule has 4 heterocycles. The Kier molecular flexibility index (Phi) is 6.19. The zero-order valence-electron chi connectivity index (χ0n) is 22.7. The number of anilines is 3. The van der Waals surface area contributed by atoms with Crippen LogP contribution in [0.25, 0.3) is 16.1 Å². The summed E-state index contributed by atoms with van der Waals surface area (Å²) in [7, 11) is -1.46. The molecule has 0 radical (unpaired) electrons. The lowest BCUT2D eigenvalue weighted by molar-refractivity contribution is 0.290. The van der Waals surface area contributed by atoms with Crippen molar-refractivity contribution in [3.8, 4) is 10.4 Å². The standard InChI is InChI=1S/C31H37N5S2/c1-19-10-9-15-35(19)28-12-8-11-27(33-28)34-31-32-20(2)30(37-31)24-16-25-18-36(21(3)23-13-14-23)22(4)29(25)26(17-24)38(5,6)7/h8,11-12,16-17,21,23H,1,4-6,9-10,13-15,18H2,2-3,7H3,(H,32,33,34). The van der Waals surface area contributed by atoms with Crippen LogP contribution in [-0.4, -0.2) is 45.5 Å². The van der Waals surface area contributed by atoms with Crippen LogP contribution < -0.4 is 10.2 Å². The third-order valence-electron chi connectivity index (χ3n) is 8.02. The molecule has 38 heavy (non-hydrogen) atoms. The zero-order valence-corrected chi connectivity index (χ0v) is 24.4. The number of nitrogens with zero attached hydrogens (tertiary/aromatic N) is 4. The molecule has 0 bridgehead atoms. The minimum Gasteiger partial charge on any atom is -0.364 e. The van der Waals surface area contributed by atoms with Gasteiger partial charge < -0.3 is 15.1 Å². The molecule has 198 valence electrons. The number of benzene rings is 1. The smallest absolute Gasteiger partial charge is 0.189 e. The molecule has 1 unspecified atom stereocenters. The van der Waals surface area contributed by atoms with Crippen LogP contribution in [0.1, 0.15) is 49.4 Å². The lowest BCUT2D eigenvalue weighted by Crippen LogP contribution is -2.28. The number of aryl methyl sites for hydroxylation is 1. The van der Waals surface area contributed by atoms with Gasteiger partial charge in [0.15, 0.2) is 5.13 Å². The Balaban J connectivity index is 1.33. The number of allylic oxidation sites excluding steroid dienone is 1. The van der Waals surface area contributed by atoms with Crippen LogP contribution in [0.15, 0.2) is 54.1 Å². The SMILES string of the molecule is C=C1CCCN1c1cccc(Nc2nc(C)c(-c3cc4c(c(S(=C)(=C)C)c3)C(=C)N(C(C)C3CC3)C4)s2)n1. The molecule has 7 heteroatoms. The van der Waals surface area contributed by atoms with Crippen LogP contribution in [0.2, 0.25) is 0 Å². The predicted octanol–water partition coefficient (Wildman–Crippen LogP) is 7.61. The maximum Gasteiger partial charge on any atom is 0.189 e. The van der Waals surface area contributed by atoms with Crippen molar-refractivity contribution in [1.82, 2.24) is 14.9 Å². The fourth-order valence-corrected chi connectivity index (χ4v) is 7.89. The van der Waals surface area contributed by atoms with Gasteiger partial charge in [0.25, 0.3) is 0 Å². The minimum atomic E-state index is -1.46. The summed E-state index contributed by atoms with van der Waals surface area (Å²) < 4.78 is 0. The molecule has 1 saturated carbocycles. The molecule has 2 aromatic heterocycles. The molecule has 1 N–H and O–H groups in total. The first-order chi connectivity index (χ1) is 18.1. The number of pyridine rings is 1. The number of fused-ring (bicyclic) bond motifs is 1. The second-order valence-electron chi connectivity index (χ2n) is 11.2. The number of hydrogen-bond acceptors (Lipinski definition) is 6. The average molecular weight is 544 g/mol. The van der Waals surface area contributed by atoms with Gasteiger partial charge >= 0.3 is 0 Å². The first-order valence-electron chi connectivity index (χ1n) is 13.3. The maximum absolute atomic E-state index is 4.88. The van der Waals surface area contributed by atoms with Gasteiger partial charge in [-0.25, -0.2) is 9.97 Å². The molecule has 6 rings (SSSR count). The summed E-state index contributed by atoms with van der Waals surface area (Å²) in [4.78, 5) is 16.8. The van der Waals surface area contributed by atoms with E-state index >= 15 is 0 Å². The molecule has 3 aliphatic rings. The van der Waals surface area contributed by atoms with E-state index in [0.29, 0.717) is 6.04 Å². The van der Waals surface area contributed by atoms with E-state index in [-0.39, 0.29) is 0 Å². The van der Waals surface area contributed by atoms with E-state index in [1.54, 1.807) is 11.3 Å². The van der Waals surface area contributed by atoms with Gasteiger partial charge in [-0.05, 0) is 87.1 Å². The highest BCUT2D eigenvalue weighted by atomic mass is 32.2. The van der Waals surface area contributed by atoms with Crippen LogP contribution >= 0.6 is 20.5 Å². The first kappa shape index (κ1) is 25.3. The zero-order chi connectivity index (χ0) is 26.8. The molecule has 5 nitrogen and oxygen atoms in total. The Labute approximate surface area is 231 Å². The Morgan fingerprint density at radius 3 is 2.63 bits per heavy atom. The molecule has 2 aliphatic heterocycles. The first-order valence-corrected chi connectivity index (χ1v) is 16.5. The summed E-state index contributed by atoms with van der Waals surface area (Å²) in [5.41, 5.74) is 7.08. The van der Waals surface area contributed by atoms with Gasteiger partial charge in [-0.3, -0.25) is 0 Å². The third-order valence-corrected chi connectivity index (χ3v) is 10.5. The predicted molar refractivity (Wildman–Crippen MR) is 168 cm³/mol. The quantitative estimate of drug-likeness (QED) is 0.311. The molecule has 3 aromatic rings. The molecule has 0 spiro atoms. The summed E-state index contributed by atoms with van der Waals surface area (Å²) in [6.45, 7) is 15.0. The topological polar surface area (TPSA) is 44.3 Å². The van der Waals surface area contributed by atoms with Gasteiger partial charge in [0.05, 0.1) is 10.6 Å². The molecular weight excluding hydrogens is 507 g/mol. The second-order valence-corrected chi connectivity index (χ2v) is 15.2. The van der Waals surface area contributed by atoms with Crippen molar-refractivity contribution < 1.29 is 0 Å². The highest BCUT2D eigenvalue weighted by Crippen LogP contribution is 2.49. The number of hydrogen-bond donors (Lipinski definition) is 1. The monoisotopic (exact) mass is 543 g/mol. The number of thiazole rings is 1. The van der Waals surface area contributed by atoms with E-state index in [1.165, 1.54) is 39.3 Å². The molecule has 2 fully saturated rings. The van der Waals surface area contributed by atoms with Crippen LogP contribution in [0.4, 0.5) is 16.8 Å². The fourth-order valence-electron chi connectivity index (χ4n) is 5.77. The summed E-state index contributed by atoms with van der Waals surface area (Å²) in [5.74, 6) is 11.5. The molecular formula is C31H37N5S2. The van der Waals surface area contributed by atoms with E-state index in [2.05, 4.69) is 72.3 Å². The van der Waals surface area contributed by atoms with Crippen molar-refractivity contribution >= 4 is 54.7 Å². The van der Waals surface area contributed by atoms with Crippen molar-refractivity contribution in [2.24, 2.45) is 5.92 Å². The van der Waals surface area contributed by atoms with Crippen LogP contribution in [-0.2, 0) is 6.54 Å². The molecule has 1 aromatic carbocycles. The average Bonchev–Trinajstić information content (AvgIpc) is 3.41. The van der Waals surface area contributed by atoms with Gasteiger partial charge in [-0.1, -0.05) is 42.3 Å². The second kappa shape index (κ2) is 9.31. The van der Waals surface area contributed by atoms with Crippen LogP contribution in [0.3, 0.4) is 0 Å². The molecule has 1 aliphatic carbocycles. The van der Waals surface area contributed by atoms with E-state index in [1.807, 2.05) is 18.2 Å². The van der Waals surface area contributed by atoms with E-state index in [9.17, 15) is 0 Å². The number of aromatic nitrogens is 2. The van der Waals surface area contributed by atoms with Crippen LogP contribution in [0, 0.1) is 12.8 Å². The Morgan fingerprint density at radius 2 is 1.95 bits per heavy atom. The molecule has 1 atom stereocenters. The highest BCUT2D eigenvalue weighted by molar-refractivity contribution is 8.27. The van der Waals surface area contributed by atoms with Crippen LogP contribution in [0.5, 0.6) is 0 Å². The fraction of sp³-hybridized carbons (Fsp3) is 0.355. The Morgan fingerprint density at radius 1 is 1.16 bits per heavy atom. The van der Waals surface area contributed by atoms with E-state index in [4.69, 9.17) is 9.97 Å². The van der Waals surface area contributed by atoms with Gasteiger partial charge in [-0.15, -0.1) is 0 Å². The lowest BCUT2D eigenvalue weighted by Gasteiger charge is -2.28. The van der Waals surface area contributed by atoms with Gasteiger partial charge in [-0.2, -0.15) is 9.21 Å². The molecule has 0 amide bonds. The highest BCUT2D eigenvalue weighted by Gasteiger charge is 2.37. The van der Waals surface area contributed by atoms with Crippen molar-refractivity contribution in [3.05, 3.63) is 66.0 Å². The molecule has 1 saturated heterocycles. The van der Waals surface area contributed by atoms with Crippen molar-refractivity contribution in [1.29, 1.82) is 0 Å². The number of nitrogens with one attached hydrogen (secondary N) is 1. The summed E-state index contributed by atoms with van der Waals surface area (Å²) in [6, 6.07) is 11.2. The van der Waals surface area contributed by atoms with E-state index < -0.39 is 9.21 Å². The number of rotatable bonds is 7. The van der Waals surface area contributed by atoms with Crippen molar-refractivity contribution in [2.75, 3.05) is 23.0 Å². The van der Waals surface area contributed by atoms with E-state index in [0.717, 1.165) is 65.7 Å². The maximum atomic E-state index is 4.88. The normalized spacial score (nSPS) is 18.3. The minimum absolute atomic E-state index is 0.518. The summed E-state index contributed by atoms with van der Waals surface area (Å²) >= 11 is 1.67. The third kappa shape index (κ3) is 4.56.